The first-order chi connectivity index (χ1) is 22.1. The number of nitrogens with two attached hydrogens (primary N) is 1. The predicted octanol–water partition coefficient (Wildman–Crippen LogP) is 2.57. The summed E-state index contributed by atoms with van der Waals surface area (Å²) in [5.41, 5.74) is 9.92. The van der Waals surface area contributed by atoms with Gasteiger partial charge in [-0.05, 0) is 62.3 Å². The molecule has 0 radical (unpaired) electrons. The summed E-state index contributed by atoms with van der Waals surface area (Å²) in [6.45, 7) is 5.50. The average Bonchev–Trinajstić information content (AvgIpc) is 3.02. The molecule has 0 spiro atoms. The molecule has 2 bridgehead atoms. The summed E-state index contributed by atoms with van der Waals surface area (Å²) >= 11 is 0. The normalized spacial score (nSPS) is 20.3. The Hall–Kier alpha value is -3.98. The van der Waals surface area contributed by atoms with Crippen molar-refractivity contribution in [1.82, 2.24) is 10.6 Å². The highest BCUT2D eigenvalue weighted by molar-refractivity contribution is 5.79. The van der Waals surface area contributed by atoms with Crippen LogP contribution in [0.25, 0.3) is 0 Å². The minimum absolute atomic E-state index is 0.0396. The van der Waals surface area contributed by atoms with Crippen LogP contribution in [0, 0.1) is 23.7 Å². The van der Waals surface area contributed by atoms with E-state index < -0.39 is 12.4 Å². The molecule has 0 saturated heterocycles. The highest BCUT2D eigenvalue weighted by Crippen LogP contribution is 2.44. The fourth-order valence-electron chi connectivity index (χ4n) is 5.80. The van der Waals surface area contributed by atoms with E-state index >= 15 is 0 Å². The number of carbonyl (C=O) groups excluding carboxylic acids is 1. The number of hydrogen-bond donors (Lipinski definition) is 6. The molecular formula is C35H48N4O7. The van der Waals surface area contributed by atoms with Crippen LogP contribution in [0.15, 0.2) is 23.2 Å². The van der Waals surface area contributed by atoms with Gasteiger partial charge in [-0.3, -0.25) is 15.1 Å². The number of aliphatic hydroxyl groups excluding tert-OH is 2. The number of aliphatic hydroxyl groups is 2. The van der Waals surface area contributed by atoms with E-state index in [-0.39, 0.29) is 49.2 Å². The topological polar surface area (TPSA) is 168 Å². The quantitative estimate of drug-likeness (QED) is 0.104. The molecule has 0 amide bonds. The fourth-order valence-corrected chi connectivity index (χ4v) is 5.80. The van der Waals surface area contributed by atoms with Crippen LogP contribution in [0.2, 0.25) is 0 Å². The second-order valence-corrected chi connectivity index (χ2v) is 12.3. The lowest BCUT2D eigenvalue weighted by Crippen LogP contribution is -2.38. The number of phenolic OH excluding ortho intramolecular Hbond substituents is 1. The number of Topliss-reactive ketones (excluding diaryl/α,β-unsaturated/α-hetero) is 1. The van der Waals surface area contributed by atoms with Crippen molar-refractivity contribution in [2.24, 2.45) is 22.6 Å². The highest BCUT2D eigenvalue weighted by Gasteiger charge is 2.33. The number of methoxy groups -OCH3 is 1. The molecular weight excluding hydrogens is 588 g/mol. The summed E-state index contributed by atoms with van der Waals surface area (Å²) in [7, 11) is 3.24. The Morgan fingerprint density at radius 2 is 1.96 bits per heavy atom. The van der Waals surface area contributed by atoms with Crippen molar-refractivity contribution in [3.05, 3.63) is 46.0 Å². The van der Waals surface area contributed by atoms with Crippen LogP contribution in [0.5, 0.6) is 23.0 Å². The molecule has 11 heteroatoms. The van der Waals surface area contributed by atoms with Crippen LogP contribution in [-0.2, 0) is 30.5 Å². The standard InChI is InChI=1S/C35H48N4O7/c1-21(2)19-39-35(36)38-15-14-25-17-29-23-9-12-27(41)18-26(40)11-8-22-10-13-30(42)32(44-4)28(22)7-5-6-24(16-23)31(45-20-37-3)33(29)46-34(25)43/h10,13,16,21,25,27,34,37,41-43H,6,8-9,11-12,14-15,17-20H2,1-4H3,(H3,36,38,39)/t25-,27+,34-/m0/s1. The van der Waals surface area contributed by atoms with E-state index in [9.17, 15) is 20.1 Å². The Morgan fingerprint density at radius 3 is 2.70 bits per heavy atom. The summed E-state index contributed by atoms with van der Waals surface area (Å²) < 4.78 is 17.8. The fraction of sp³-hybridized carbons (Fsp3) is 0.543. The number of fused-ring (bicyclic) bond motifs is 5. The second-order valence-electron chi connectivity index (χ2n) is 12.3. The van der Waals surface area contributed by atoms with Crippen molar-refractivity contribution in [2.45, 2.75) is 77.6 Å². The van der Waals surface area contributed by atoms with E-state index in [2.05, 4.69) is 41.3 Å². The van der Waals surface area contributed by atoms with Gasteiger partial charge in [0.25, 0.3) is 0 Å². The summed E-state index contributed by atoms with van der Waals surface area (Å²) in [6.07, 6.45) is 1.07. The predicted molar refractivity (Wildman–Crippen MR) is 176 cm³/mol. The van der Waals surface area contributed by atoms with E-state index in [1.807, 2.05) is 6.07 Å². The van der Waals surface area contributed by atoms with Crippen LogP contribution in [0.3, 0.4) is 0 Å². The lowest BCUT2D eigenvalue weighted by molar-refractivity contribution is -0.121. The number of aryl methyl sites for hydroxylation is 2. The van der Waals surface area contributed by atoms with Gasteiger partial charge in [-0.2, -0.15) is 0 Å². The third-order valence-corrected chi connectivity index (χ3v) is 8.23. The number of ether oxygens (including phenoxy) is 3. The summed E-state index contributed by atoms with van der Waals surface area (Å²) in [5, 5.41) is 38.6. The first-order valence-electron chi connectivity index (χ1n) is 16.0. The molecule has 46 heavy (non-hydrogen) atoms. The van der Waals surface area contributed by atoms with Gasteiger partial charge < -0.3 is 40.6 Å². The van der Waals surface area contributed by atoms with E-state index in [4.69, 9.17) is 19.9 Å². The summed E-state index contributed by atoms with van der Waals surface area (Å²) in [5.74, 6) is 8.04. The van der Waals surface area contributed by atoms with Gasteiger partial charge in [-0.25, -0.2) is 0 Å². The second kappa shape index (κ2) is 16.5. The first-order valence-corrected chi connectivity index (χ1v) is 16.0. The third-order valence-electron chi connectivity index (χ3n) is 8.23. The Labute approximate surface area is 271 Å². The number of hydrogen-bond acceptors (Lipinski definition) is 9. The number of carbonyl (C=O) groups is 1. The SMILES string of the molecule is CNCOc1c2cc(c3c1O[C@H](O)[C@@H](CCNC(N)=NCC(C)C)C3)CC[C@@H](O)CC(=O)CCc1ccc(O)c(OC)c1C#CC2. The number of nitrogens with zero attached hydrogens (tertiary/aromatic N) is 1. The minimum Gasteiger partial charge on any atom is -0.504 e. The summed E-state index contributed by atoms with van der Waals surface area (Å²) in [6, 6.07) is 5.31. The Bertz CT molecular complexity index is 1460. The summed E-state index contributed by atoms with van der Waals surface area (Å²) in [4.78, 5) is 17.2. The number of benzene rings is 2. The van der Waals surface area contributed by atoms with Gasteiger partial charge in [-0.1, -0.05) is 37.8 Å². The van der Waals surface area contributed by atoms with E-state index in [1.165, 1.54) is 13.2 Å². The zero-order valence-electron chi connectivity index (χ0n) is 27.3. The van der Waals surface area contributed by atoms with Gasteiger partial charge >= 0.3 is 0 Å². The maximum absolute atomic E-state index is 12.8. The van der Waals surface area contributed by atoms with E-state index in [1.54, 1.807) is 13.1 Å². The average molecular weight is 637 g/mol. The van der Waals surface area contributed by atoms with Gasteiger partial charge in [-0.15, -0.1) is 0 Å². The zero-order chi connectivity index (χ0) is 33.2. The number of nitrogens with one attached hydrogen (secondary N) is 2. The van der Waals surface area contributed by atoms with E-state index in [0.717, 1.165) is 22.3 Å². The van der Waals surface area contributed by atoms with Crippen LogP contribution >= 0.6 is 0 Å². The molecule has 2 aliphatic rings. The number of aromatic hydroxyl groups is 1. The number of rotatable bonds is 9. The van der Waals surface area contributed by atoms with Crippen molar-refractivity contribution < 1.29 is 34.3 Å². The van der Waals surface area contributed by atoms with Crippen molar-refractivity contribution >= 4 is 11.7 Å². The van der Waals surface area contributed by atoms with Crippen molar-refractivity contribution in [3.63, 3.8) is 0 Å². The van der Waals surface area contributed by atoms with Crippen LogP contribution in [-0.4, -0.2) is 73.4 Å². The van der Waals surface area contributed by atoms with Crippen molar-refractivity contribution in [1.29, 1.82) is 0 Å². The van der Waals surface area contributed by atoms with Crippen LogP contribution < -0.4 is 30.6 Å². The van der Waals surface area contributed by atoms with Crippen molar-refractivity contribution in [2.75, 3.05) is 34.0 Å². The Balaban J connectivity index is 1.72. The number of aliphatic imine (C=N–C) groups is 1. The van der Waals surface area contributed by atoms with Gasteiger partial charge in [0.05, 0.1) is 18.8 Å². The molecule has 7 N–H and O–H groups in total. The lowest BCUT2D eigenvalue weighted by Gasteiger charge is -2.33. The van der Waals surface area contributed by atoms with Crippen molar-refractivity contribution in [3.8, 4) is 34.8 Å². The molecule has 3 atom stereocenters. The lowest BCUT2D eigenvalue weighted by atomic mass is 9.86. The third kappa shape index (κ3) is 9.06. The highest BCUT2D eigenvalue weighted by atomic mass is 16.6. The van der Waals surface area contributed by atoms with Gasteiger partial charge in [0.2, 0.25) is 6.29 Å². The molecule has 2 aromatic rings. The maximum Gasteiger partial charge on any atom is 0.200 e. The molecule has 250 valence electrons. The largest absolute Gasteiger partial charge is 0.504 e. The minimum atomic E-state index is -1.08. The molecule has 1 aliphatic carbocycles. The molecule has 1 heterocycles. The molecule has 0 saturated carbocycles. The van der Waals surface area contributed by atoms with Crippen LogP contribution in [0.1, 0.15) is 67.3 Å². The molecule has 0 aromatic heterocycles. The molecule has 0 unspecified atom stereocenters. The van der Waals surface area contributed by atoms with Gasteiger partial charge in [0.1, 0.15) is 12.5 Å². The number of ketones is 1. The molecule has 0 fully saturated rings. The van der Waals surface area contributed by atoms with Gasteiger partial charge in [0, 0.05) is 49.4 Å². The molecule has 1 aliphatic heterocycles. The Morgan fingerprint density at radius 1 is 1.15 bits per heavy atom. The molecule has 4 rings (SSSR count). The number of guanidine groups is 1. The van der Waals surface area contributed by atoms with Gasteiger partial charge in [0.15, 0.2) is 29.0 Å². The smallest absolute Gasteiger partial charge is 0.200 e. The first kappa shape index (κ1) is 34.9. The molecule has 11 nitrogen and oxygen atoms in total. The number of phenols is 1. The molecule has 2 aromatic carbocycles. The zero-order valence-corrected chi connectivity index (χ0v) is 27.3. The monoisotopic (exact) mass is 636 g/mol. The maximum atomic E-state index is 12.8. The Kier molecular flexibility index (Phi) is 12.5. The van der Waals surface area contributed by atoms with Crippen LogP contribution in [0.4, 0.5) is 0 Å². The van der Waals surface area contributed by atoms with E-state index in [0.29, 0.717) is 74.1 Å².